The van der Waals surface area contributed by atoms with Crippen LogP contribution in [0.1, 0.15) is 30.9 Å². The number of carbonyl (C=O) groups is 1. The molecule has 0 fully saturated rings. The van der Waals surface area contributed by atoms with Gasteiger partial charge in [-0.25, -0.2) is 0 Å². The molecule has 0 aromatic carbocycles. The lowest BCUT2D eigenvalue weighted by Gasteiger charge is -2.02. The Morgan fingerprint density at radius 3 is 2.64 bits per heavy atom. The van der Waals surface area contributed by atoms with E-state index in [4.69, 9.17) is 4.74 Å². The molecule has 0 saturated heterocycles. The van der Waals surface area contributed by atoms with Gasteiger partial charge in [0.15, 0.2) is 0 Å². The van der Waals surface area contributed by atoms with Crippen molar-refractivity contribution in [1.82, 2.24) is 9.97 Å². The van der Waals surface area contributed by atoms with Gasteiger partial charge in [0.25, 0.3) is 0 Å². The molecule has 0 bridgehead atoms. The highest BCUT2D eigenvalue weighted by molar-refractivity contribution is 5.69. The zero-order chi connectivity index (χ0) is 15.8. The van der Waals surface area contributed by atoms with Crippen molar-refractivity contribution in [3.63, 3.8) is 0 Å². The summed E-state index contributed by atoms with van der Waals surface area (Å²) >= 11 is 0. The third kappa shape index (κ3) is 4.81. The summed E-state index contributed by atoms with van der Waals surface area (Å²) in [5.41, 5.74) is 3.90. The molecule has 0 aliphatic heterocycles. The van der Waals surface area contributed by atoms with E-state index in [1.807, 2.05) is 50.3 Å². The number of nitrogens with zero attached hydrogens (tertiary/aromatic N) is 2. The van der Waals surface area contributed by atoms with E-state index in [1.165, 1.54) is 0 Å². The van der Waals surface area contributed by atoms with Crippen LogP contribution in [0.2, 0.25) is 0 Å². The fourth-order valence-corrected chi connectivity index (χ4v) is 2.02. The van der Waals surface area contributed by atoms with Crippen molar-refractivity contribution < 1.29 is 9.53 Å². The van der Waals surface area contributed by atoms with E-state index in [9.17, 15) is 4.79 Å². The lowest BCUT2D eigenvalue weighted by molar-refractivity contribution is -0.142. The average molecular weight is 296 g/mol. The molecule has 0 N–H and O–H groups in total. The molecule has 0 atom stereocenters. The minimum Gasteiger partial charge on any atom is -0.466 e. The van der Waals surface area contributed by atoms with Gasteiger partial charge in [0.2, 0.25) is 0 Å². The molecule has 2 rings (SSSR count). The third-order valence-corrected chi connectivity index (χ3v) is 3.09. The molecule has 0 aliphatic rings. The van der Waals surface area contributed by atoms with Gasteiger partial charge in [-0.05, 0) is 55.7 Å². The van der Waals surface area contributed by atoms with Crippen LogP contribution in [0.3, 0.4) is 0 Å². The molecular weight excluding hydrogens is 276 g/mol. The van der Waals surface area contributed by atoms with E-state index in [0.717, 1.165) is 22.5 Å². The van der Waals surface area contributed by atoms with Crippen molar-refractivity contribution in [2.24, 2.45) is 0 Å². The zero-order valence-corrected chi connectivity index (χ0v) is 13.0. The van der Waals surface area contributed by atoms with E-state index in [0.29, 0.717) is 19.4 Å². The first kappa shape index (κ1) is 15.9. The summed E-state index contributed by atoms with van der Waals surface area (Å²) in [5, 5.41) is 0. The Kier molecular flexibility index (Phi) is 5.83. The third-order valence-electron chi connectivity index (χ3n) is 3.09. The molecule has 0 amide bonds. The molecule has 0 aliphatic carbocycles. The first-order valence-corrected chi connectivity index (χ1v) is 7.40. The second-order valence-electron chi connectivity index (χ2n) is 4.94. The second kappa shape index (κ2) is 8.08. The first-order chi connectivity index (χ1) is 10.7. The minimum absolute atomic E-state index is 0.161. The van der Waals surface area contributed by atoms with Crippen molar-refractivity contribution in [2.45, 2.75) is 26.7 Å². The number of carbonyl (C=O) groups excluding carboxylic acids is 1. The van der Waals surface area contributed by atoms with Gasteiger partial charge < -0.3 is 4.74 Å². The van der Waals surface area contributed by atoms with Gasteiger partial charge in [-0.15, -0.1) is 0 Å². The molecule has 4 nitrogen and oxygen atoms in total. The zero-order valence-electron chi connectivity index (χ0n) is 13.0. The standard InChI is InChI=1S/C18H20N2O2/c1-3-22-18(21)7-5-4-6-15-9-11-20-17(13-15)16-12-14(2)8-10-19-16/h4,6,8-13H,3,5,7H2,1-2H3. The molecule has 0 radical (unpaired) electrons. The van der Waals surface area contributed by atoms with Crippen LogP contribution in [0.4, 0.5) is 0 Å². The topological polar surface area (TPSA) is 52.1 Å². The molecule has 2 aromatic heterocycles. The Balaban J connectivity index is 2.01. The fraction of sp³-hybridized carbons (Fsp3) is 0.278. The highest BCUT2D eigenvalue weighted by atomic mass is 16.5. The van der Waals surface area contributed by atoms with Crippen LogP contribution in [0, 0.1) is 6.92 Å². The molecule has 4 heteroatoms. The summed E-state index contributed by atoms with van der Waals surface area (Å²) in [7, 11) is 0. The Hall–Kier alpha value is -2.49. The number of aryl methyl sites for hydroxylation is 1. The number of ether oxygens (including phenoxy) is 1. The summed E-state index contributed by atoms with van der Waals surface area (Å²) in [6, 6.07) is 7.89. The maximum absolute atomic E-state index is 11.3. The van der Waals surface area contributed by atoms with Crippen LogP contribution in [-0.4, -0.2) is 22.5 Å². The van der Waals surface area contributed by atoms with Crippen molar-refractivity contribution in [2.75, 3.05) is 6.61 Å². The van der Waals surface area contributed by atoms with E-state index in [2.05, 4.69) is 9.97 Å². The van der Waals surface area contributed by atoms with Crippen LogP contribution in [-0.2, 0) is 9.53 Å². The van der Waals surface area contributed by atoms with Crippen molar-refractivity contribution in [3.8, 4) is 11.4 Å². The molecule has 2 heterocycles. The minimum atomic E-state index is -0.161. The van der Waals surface area contributed by atoms with Crippen LogP contribution < -0.4 is 0 Å². The van der Waals surface area contributed by atoms with Gasteiger partial charge in [-0.1, -0.05) is 12.2 Å². The van der Waals surface area contributed by atoms with Crippen molar-refractivity contribution >= 4 is 12.0 Å². The predicted molar refractivity (Wildman–Crippen MR) is 87.1 cm³/mol. The Bertz CT molecular complexity index is 666. The number of hydrogen-bond donors (Lipinski definition) is 0. The van der Waals surface area contributed by atoms with Crippen LogP contribution in [0.5, 0.6) is 0 Å². The molecule has 0 spiro atoms. The molecule has 0 saturated carbocycles. The normalized spacial score (nSPS) is 10.8. The second-order valence-corrected chi connectivity index (χ2v) is 4.94. The summed E-state index contributed by atoms with van der Waals surface area (Å²) < 4.78 is 4.89. The largest absolute Gasteiger partial charge is 0.466 e. The van der Waals surface area contributed by atoms with Crippen LogP contribution in [0.15, 0.2) is 42.7 Å². The molecule has 114 valence electrons. The molecule has 22 heavy (non-hydrogen) atoms. The smallest absolute Gasteiger partial charge is 0.306 e. The highest BCUT2D eigenvalue weighted by Gasteiger charge is 2.02. The summed E-state index contributed by atoms with van der Waals surface area (Å²) in [5.74, 6) is -0.161. The predicted octanol–water partition coefficient (Wildman–Crippen LogP) is 3.81. The lowest BCUT2D eigenvalue weighted by atomic mass is 10.1. The van der Waals surface area contributed by atoms with Crippen LogP contribution >= 0.6 is 0 Å². The van der Waals surface area contributed by atoms with E-state index in [1.54, 1.807) is 12.4 Å². The molecular formula is C18H20N2O2. The summed E-state index contributed by atoms with van der Waals surface area (Å²) in [6.45, 7) is 4.27. The lowest BCUT2D eigenvalue weighted by Crippen LogP contribution is -2.02. The van der Waals surface area contributed by atoms with Gasteiger partial charge in [-0.3, -0.25) is 14.8 Å². The Morgan fingerprint density at radius 2 is 1.91 bits per heavy atom. The summed E-state index contributed by atoms with van der Waals surface area (Å²) in [4.78, 5) is 20.0. The number of allylic oxidation sites excluding steroid dienone is 1. The average Bonchev–Trinajstić information content (AvgIpc) is 2.52. The Morgan fingerprint density at radius 1 is 1.18 bits per heavy atom. The van der Waals surface area contributed by atoms with Gasteiger partial charge in [0.1, 0.15) is 0 Å². The number of pyridine rings is 2. The highest BCUT2D eigenvalue weighted by Crippen LogP contribution is 2.17. The van der Waals surface area contributed by atoms with Crippen molar-refractivity contribution in [3.05, 3.63) is 53.9 Å². The van der Waals surface area contributed by atoms with Crippen LogP contribution in [0.25, 0.3) is 17.5 Å². The van der Waals surface area contributed by atoms with E-state index >= 15 is 0 Å². The number of esters is 1. The molecule has 0 unspecified atom stereocenters. The maximum atomic E-state index is 11.3. The van der Waals surface area contributed by atoms with Gasteiger partial charge >= 0.3 is 5.97 Å². The van der Waals surface area contributed by atoms with Gasteiger partial charge in [0.05, 0.1) is 18.0 Å². The number of hydrogen-bond acceptors (Lipinski definition) is 4. The summed E-state index contributed by atoms with van der Waals surface area (Å²) in [6.07, 6.45) is 8.58. The van der Waals surface area contributed by atoms with Gasteiger partial charge in [0, 0.05) is 18.8 Å². The van der Waals surface area contributed by atoms with Gasteiger partial charge in [-0.2, -0.15) is 0 Å². The number of aromatic nitrogens is 2. The first-order valence-electron chi connectivity index (χ1n) is 7.40. The maximum Gasteiger partial charge on any atom is 0.306 e. The van der Waals surface area contributed by atoms with Crippen molar-refractivity contribution in [1.29, 1.82) is 0 Å². The number of rotatable bonds is 6. The Labute approximate surface area is 130 Å². The van der Waals surface area contributed by atoms with E-state index < -0.39 is 0 Å². The SMILES string of the molecule is CCOC(=O)CCC=Cc1ccnc(-c2cc(C)ccn2)c1. The quantitative estimate of drug-likeness (QED) is 0.761. The molecule has 2 aromatic rings. The monoisotopic (exact) mass is 296 g/mol. The fourth-order valence-electron chi connectivity index (χ4n) is 2.02. The van der Waals surface area contributed by atoms with E-state index in [-0.39, 0.29) is 5.97 Å².